The van der Waals surface area contributed by atoms with Gasteiger partial charge in [-0.3, -0.25) is 0 Å². The average molecular weight is 292 g/mol. The molecule has 1 aromatic heterocycles. The van der Waals surface area contributed by atoms with Gasteiger partial charge >= 0.3 is 0 Å². The van der Waals surface area contributed by atoms with Crippen molar-refractivity contribution < 1.29 is 5.11 Å². The van der Waals surface area contributed by atoms with E-state index in [1.165, 1.54) is 0 Å². The Labute approximate surface area is 120 Å². The third-order valence-corrected chi connectivity index (χ3v) is 3.71. The number of nitrogens with zero attached hydrogens (tertiary/aromatic N) is 1. The summed E-state index contributed by atoms with van der Waals surface area (Å²) in [6, 6.07) is 13.1. The first-order valence-corrected chi connectivity index (χ1v) is 6.61. The summed E-state index contributed by atoms with van der Waals surface area (Å²) in [5, 5.41) is 13.2. The van der Waals surface area contributed by atoms with Crippen LogP contribution in [0.3, 0.4) is 0 Å². The second-order valence-electron chi connectivity index (χ2n) is 4.40. The molecule has 3 aromatic rings. The van der Waals surface area contributed by atoms with Crippen LogP contribution < -0.4 is 0 Å². The number of hydrogen-bond acceptors (Lipinski definition) is 1. The lowest BCUT2D eigenvalue weighted by Crippen LogP contribution is -1.97. The Morgan fingerprint density at radius 2 is 1.84 bits per heavy atom. The van der Waals surface area contributed by atoms with Crippen LogP contribution in [0.2, 0.25) is 10.0 Å². The SMILES string of the molecule is Oc1c2ccccc2cn1Cc1ccc(Cl)cc1Cl. The van der Waals surface area contributed by atoms with Crippen molar-refractivity contribution in [3.63, 3.8) is 0 Å². The van der Waals surface area contributed by atoms with Crippen LogP contribution in [-0.4, -0.2) is 9.67 Å². The molecular formula is C15H11Cl2NO. The lowest BCUT2D eigenvalue weighted by Gasteiger charge is -2.07. The maximum Gasteiger partial charge on any atom is 0.199 e. The second kappa shape index (κ2) is 4.80. The molecule has 0 saturated carbocycles. The molecule has 0 spiro atoms. The predicted molar refractivity (Wildman–Crippen MR) is 79.2 cm³/mol. The van der Waals surface area contributed by atoms with Crippen molar-refractivity contribution in [3.8, 4) is 5.88 Å². The van der Waals surface area contributed by atoms with Gasteiger partial charge < -0.3 is 9.67 Å². The van der Waals surface area contributed by atoms with E-state index in [1.54, 1.807) is 16.7 Å². The van der Waals surface area contributed by atoms with E-state index in [0.717, 1.165) is 16.3 Å². The van der Waals surface area contributed by atoms with Gasteiger partial charge in [0.05, 0.1) is 6.54 Å². The van der Waals surface area contributed by atoms with Gasteiger partial charge in [-0.1, -0.05) is 47.5 Å². The van der Waals surface area contributed by atoms with Crippen molar-refractivity contribution >= 4 is 34.0 Å². The van der Waals surface area contributed by atoms with Crippen LogP contribution in [0.15, 0.2) is 48.7 Å². The molecule has 0 aliphatic rings. The highest BCUT2D eigenvalue weighted by Gasteiger charge is 2.09. The quantitative estimate of drug-likeness (QED) is 0.727. The van der Waals surface area contributed by atoms with E-state index in [1.807, 2.05) is 36.5 Å². The molecule has 0 fully saturated rings. The largest absolute Gasteiger partial charge is 0.494 e. The van der Waals surface area contributed by atoms with Gasteiger partial charge in [0, 0.05) is 27.0 Å². The molecule has 0 amide bonds. The fraction of sp³-hybridized carbons (Fsp3) is 0.0667. The van der Waals surface area contributed by atoms with Gasteiger partial charge in [0.15, 0.2) is 5.88 Å². The van der Waals surface area contributed by atoms with E-state index < -0.39 is 0 Å². The summed E-state index contributed by atoms with van der Waals surface area (Å²) in [6.45, 7) is 0.510. The molecule has 0 aliphatic heterocycles. The minimum absolute atomic E-state index is 0.251. The minimum atomic E-state index is 0.251. The Morgan fingerprint density at radius 3 is 2.58 bits per heavy atom. The Bertz CT molecular complexity index is 749. The Hall–Kier alpha value is -1.64. The Morgan fingerprint density at radius 1 is 1.05 bits per heavy atom. The molecule has 0 atom stereocenters. The van der Waals surface area contributed by atoms with Crippen LogP contribution >= 0.6 is 23.2 Å². The van der Waals surface area contributed by atoms with Gasteiger partial charge in [-0.2, -0.15) is 0 Å². The Kier molecular flexibility index (Phi) is 3.13. The van der Waals surface area contributed by atoms with E-state index in [4.69, 9.17) is 23.2 Å². The fourth-order valence-electron chi connectivity index (χ4n) is 2.15. The van der Waals surface area contributed by atoms with Crippen molar-refractivity contribution in [3.05, 3.63) is 64.3 Å². The molecule has 2 nitrogen and oxygen atoms in total. The van der Waals surface area contributed by atoms with Gasteiger partial charge in [0.1, 0.15) is 0 Å². The third kappa shape index (κ3) is 2.29. The first-order chi connectivity index (χ1) is 9.15. The van der Waals surface area contributed by atoms with Crippen molar-refractivity contribution in [2.45, 2.75) is 6.54 Å². The maximum absolute atomic E-state index is 10.2. The standard InChI is InChI=1S/C15H11Cl2NO/c16-12-6-5-11(14(17)7-12)9-18-8-10-3-1-2-4-13(10)15(18)19/h1-8,19H,9H2. The number of aromatic nitrogens is 1. The molecule has 0 radical (unpaired) electrons. The first kappa shape index (κ1) is 12.4. The monoisotopic (exact) mass is 291 g/mol. The lowest BCUT2D eigenvalue weighted by atomic mass is 10.2. The highest BCUT2D eigenvalue weighted by molar-refractivity contribution is 6.35. The normalized spacial score (nSPS) is 11.1. The molecule has 0 bridgehead atoms. The van der Waals surface area contributed by atoms with Crippen LogP contribution in [0.25, 0.3) is 10.8 Å². The van der Waals surface area contributed by atoms with Crippen molar-refractivity contribution in [2.24, 2.45) is 0 Å². The lowest BCUT2D eigenvalue weighted by molar-refractivity contribution is 0.430. The number of fused-ring (bicyclic) bond motifs is 1. The summed E-state index contributed by atoms with van der Waals surface area (Å²) in [4.78, 5) is 0. The van der Waals surface area contributed by atoms with E-state index in [9.17, 15) is 5.11 Å². The summed E-state index contributed by atoms with van der Waals surface area (Å²) in [6.07, 6.45) is 1.91. The molecular weight excluding hydrogens is 281 g/mol. The van der Waals surface area contributed by atoms with Crippen LogP contribution in [0, 0.1) is 0 Å². The Balaban J connectivity index is 2.03. The highest BCUT2D eigenvalue weighted by atomic mass is 35.5. The molecule has 96 valence electrons. The van der Waals surface area contributed by atoms with Crippen molar-refractivity contribution in [1.29, 1.82) is 0 Å². The molecule has 0 aliphatic carbocycles. The third-order valence-electron chi connectivity index (χ3n) is 3.12. The number of halogens is 2. The van der Waals surface area contributed by atoms with Gasteiger partial charge in [-0.15, -0.1) is 0 Å². The van der Waals surface area contributed by atoms with Gasteiger partial charge in [0.25, 0.3) is 0 Å². The summed E-state index contributed by atoms with van der Waals surface area (Å²) >= 11 is 12.0. The molecule has 0 saturated heterocycles. The fourth-order valence-corrected chi connectivity index (χ4v) is 2.62. The zero-order valence-corrected chi connectivity index (χ0v) is 11.5. The minimum Gasteiger partial charge on any atom is -0.494 e. The molecule has 3 rings (SSSR count). The highest BCUT2D eigenvalue weighted by Crippen LogP contribution is 2.29. The van der Waals surface area contributed by atoms with E-state index in [2.05, 4.69) is 0 Å². The predicted octanol–water partition coefficient (Wildman–Crippen LogP) is 4.70. The van der Waals surface area contributed by atoms with Gasteiger partial charge in [0.2, 0.25) is 0 Å². The van der Waals surface area contributed by atoms with Crippen molar-refractivity contribution in [1.82, 2.24) is 4.57 Å². The van der Waals surface area contributed by atoms with Crippen LogP contribution in [0.4, 0.5) is 0 Å². The number of benzene rings is 2. The average Bonchev–Trinajstić information content (AvgIpc) is 2.70. The summed E-state index contributed by atoms with van der Waals surface area (Å²) < 4.78 is 1.78. The maximum atomic E-state index is 10.2. The van der Waals surface area contributed by atoms with E-state index >= 15 is 0 Å². The van der Waals surface area contributed by atoms with Crippen LogP contribution in [0.5, 0.6) is 5.88 Å². The van der Waals surface area contributed by atoms with Crippen LogP contribution in [-0.2, 0) is 6.54 Å². The zero-order valence-electron chi connectivity index (χ0n) is 9.98. The number of aromatic hydroxyl groups is 1. The van der Waals surface area contributed by atoms with E-state index in [-0.39, 0.29) is 5.88 Å². The smallest absolute Gasteiger partial charge is 0.199 e. The van der Waals surface area contributed by atoms with E-state index in [0.29, 0.717) is 16.6 Å². The van der Waals surface area contributed by atoms with Gasteiger partial charge in [-0.05, 0) is 23.8 Å². The molecule has 2 aromatic carbocycles. The second-order valence-corrected chi connectivity index (χ2v) is 5.25. The zero-order chi connectivity index (χ0) is 13.4. The molecule has 19 heavy (non-hydrogen) atoms. The molecule has 0 unspecified atom stereocenters. The van der Waals surface area contributed by atoms with Crippen molar-refractivity contribution in [2.75, 3.05) is 0 Å². The first-order valence-electron chi connectivity index (χ1n) is 5.86. The summed E-state index contributed by atoms with van der Waals surface area (Å²) in [5.74, 6) is 0.251. The topological polar surface area (TPSA) is 25.2 Å². The number of rotatable bonds is 2. The summed E-state index contributed by atoms with van der Waals surface area (Å²) in [7, 11) is 0. The summed E-state index contributed by atoms with van der Waals surface area (Å²) in [5.41, 5.74) is 0.918. The van der Waals surface area contributed by atoms with Gasteiger partial charge in [-0.25, -0.2) is 0 Å². The molecule has 1 heterocycles. The number of hydrogen-bond donors (Lipinski definition) is 1. The molecule has 4 heteroatoms. The molecule has 1 N–H and O–H groups in total. The van der Waals surface area contributed by atoms with Crippen LogP contribution in [0.1, 0.15) is 5.56 Å².